The van der Waals surface area contributed by atoms with E-state index in [1.807, 2.05) is 20.0 Å². The SMILES string of the molecule is CNc1nc(N(C)Cc2ccoc2C)c2cn[nH]c2n1. The normalized spacial score (nSPS) is 10.9. The third-order valence-electron chi connectivity index (χ3n) is 3.25. The number of H-pyrrole nitrogens is 1. The number of fused-ring (bicyclic) bond motifs is 1. The fourth-order valence-corrected chi connectivity index (χ4v) is 2.13. The van der Waals surface area contributed by atoms with Crippen molar-refractivity contribution in [2.24, 2.45) is 0 Å². The van der Waals surface area contributed by atoms with Gasteiger partial charge in [-0.15, -0.1) is 0 Å². The lowest BCUT2D eigenvalue weighted by molar-refractivity contribution is 0.529. The van der Waals surface area contributed by atoms with E-state index in [1.165, 1.54) is 0 Å². The van der Waals surface area contributed by atoms with Gasteiger partial charge in [0.2, 0.25) is 5.95 Å². The Bertz CT molecular complexity index is 731. The van der Waals surface area contributed by atoms with Crippen LogP contribution in [-0.4, -0.2) is 34.3 Å². The molecule has 104 valence electrons. The molecule has 0 amide bonds. The summed E-state index contributed by atoms with van der Waals surface area (Å²) in [5, 5.41) is 10.8. The van der Waals surface area contributed by atoms with Crippen LogP contribution < -0.4 is 10.2 Å². The van der Waals surface area contributed by atoms with E-state index in [0.29, 0.717) is 12.5 Å². The Kier molecular flexibility index (Phi) is 3.02. The molecule has 0 fully saturated rings. The predicted molar refractivity (Wildman–Crippen MR) is 76.8 cm³/mol. The Labute approximate surface area is 116 Å². The van der Waals surface area contributed by atoms with E-state index in [0.717, 1.165) is 28.2 Å². The van der Waals surface area contributed by atoms with Gasteiger partial charge in [-0.05, 0) is 13.0 Å². The van der Waals surface area contributed by atoms with E-state index in [1.54, 1.807) is 19.5 Å². The molecule has 0 spiro atoms. The van der Waals surface area contributed by atoms with E-state index in [4.69, 9.17) is 4.42 Å². The molecule has 3 aromatic rings. The number of hydrogen-bond acceptors (Lipinski definition) is 6. The van der Waals surface area contributed by atoms with Crippen LogP contribution in [0.1, 0.15) is 11.3 Å². The van der Waals surface area contributed by atoms with Crippen molar-refractivity contribution in [3.05, 3.63) is 29.9 Å². The van der Waals surface area contributed by atoms with Crippen LogP contribution in [0.4, 0.5) is 11.8 Å². The van der Waals surface area contributed by atoms with E-state index >= 15 is 0 Å². The second kappa shape index (κ2) is 4.84. The van der Waals surface area contributed by atoms with Crippen molar-refractivity contribution in [1.29, 1.82) is 0 Å². The lowest BCUT2D eigenvalue weighted by atomic mass is 10.2. The molecule has 3 rings (SSSR count). The van der Waals surface area contributed by atoms with Crippen molar-refractivity contribution in [3.63, 3.8) is 0 Å². The van der Waals surface area contributed by atoms with Crippen molar-refractivity contribution in [1.82, 2.24) is 20.2 Å². The average molecular weight is 272 g/mol. The third-order valence-corrected chi connectivity index (χ3v) is 3.25. The van der Waals surface area contributed by atoms with Crippen LogP contribution in [0.5, 0.6) is 0 Å². The van der Waals surface area contributed by atoms with Gasteiger partial charge >= 0.3 is 0 Å². The summed E-state index contributed by atoms with van der Waals surface area (Å²) in [4.78, 5) is 10.9. The molecule has 7 nitrogen and oxygen atoms in total. The number of anilines is 2. The summed E-state index contributed by atoms with van der Waals surface area (Å²) in [6.07, 6.45) is 3.44. The maximum absolute atomic E-state index is 5.33. The summed E-state index contributed by atoms with van der Waals surface area (Å²) < 4.78 is 5.33. The molecule has 3 heterocycles. The van der Waals surface area contributed by atoms with Crippen LogP contribution in [-0.2, 0) is 6.54 Å². The number of hydrogen-bond donors (Lipinski definition) is 2. The summed E-state index contributed by atoms with van der Waals surface area (Å²) >= 11 is 0. The van der Waals surface area contributed by atoms with Crippen LogP contribution in [0, 0.1) is 6.92 Å². The van der Waals surface area contributed by atoms with E-state index in [9.17, 15) is 0 Å². The highest BCUT2D eigenvalue weighted by atomic mass is 16.3. The summed E-state index contributed by atoms with van der Waals surface area (Å²) in [6.45, 7) is 2.67. The standard InChI is InChI=1S/C13H16N6O/c1-8-9(4-5-20-8)7-19(3)12-10-6-15-18-11(10)16-13(14-2)17-12/h4-6H,7H2,1-3H3,(H2,14,15,16,17,18). The average Bonchev–Trinajstić information content (AvgIpc) is 3.06. The van der Waals surface area contributed by atoms with Crippen molar-refractivity contribution >= 4 is 22.8 Å². The molecule has 0 aliphatic heterocycles. The molecule has 0 aliphatic rings. The van der Waals surface area contributed by atoms with Gasteiger partial charge in [-0.3, -0.25) is 5.10 Å². The van der Waals surface area contributed by atoms with Gasteiger partial charge in [0, 0.05) is 26.2 Å². The fourth-order valence-electron chi connectivity index (χ4n) is 2.13. The molecule has 0 aromatic carbocycles. The highest BCUT2D eigenvalue weighted by Gasteiger charge is 2.14. The lowest BCUT2D eigenvalue weighted by Crippen LogP contribution is -2.19. The Balaban J connectivity index is 2.00. The van der Waals surface area contributed by atoms with Crippen molar-refractivity contribution < 1.29 is 4.42 Å². The first-order valence-electron chi connectivity index (χ1n) is 6.32. The van der Waals surface area contributed by atoms with Crippen LogP contribution in [0.2, 0.25) is 0 Å². The maximum atomic E-state index is 5.33. The Morgan fingerprint density at radius 3 is 2.95 bits per heavy atom. The van der Waals surface area contributed by atoms with Gasteiger partial charge in [-0.1, -0.05) is 0 Å². The molecular weight excluding hydrogens is 256 g/mol. The number of nitrogens with one attached hydrogen (secondary N) is 2. The van der Waals surface area contributed by atoms with Crippen LogP contribution in [0.15, 0.2) is 22.9 Å². The van der Waals surface area contributed by atoms with Crippen LogP contribution in [0.3, 0.4) is 0 Å². The molecule has 0 atom stereocenters. The van der Waals surface area contributed by atoms with Crippen molar-refractivity contribution in [2.45, 2.75) is 13.5 Å². The smallest absolute Gasteiger partial charge is 0.226 e. The highest BCUT2D eigenvalue weighted by Crippen LogP contribution is 2.24. The topological polar surface area (TPSA) is 82.9 Å². The molecule has 20 heavy (non-hydrogen) atoms. The van der Waals surface area contributed by atoms with E-state index < -0.39 is 0 Å². The monoisotopic (exact) mass is 272 g/mol. The van der Waals surface area contributed by atoms with Gasteiger partial charge in [0.05, 0.1) is 17.8 Å². The number of furan rings is 1. The van der Waals surface area contributed by atoms with E-state index in [-0.39, 0.29) is 0 Å². The third kappa shape index (κ3) is 2.07. The van der Waals surface area contributed by atoms with Crippen LogP contribution >= 0.6 is 0 Å². The molecule has 0 saturated carbocycles. The lowest BCUT2D eigenvalue weighted by Gasteiger charge is -2.19. The van der Waals surface area contributed by atoms with Gasteiger partial charge in [0.15, 0.2) is 5.65 Å². The Morgan fingerprint density at radius 2 is 2.25 bits per heavy atom. The predicted octanol–water partition coefficient (Wildman–Crippen LogP) is 1.93. The van der Waals surface area contributed by atoms with Crippen molar-refractivity contribution in [3.8, 4) is 0 Å². The molecule has 2 N–H and O–H groups in total. The molecule has 0 radical (unpaired) electrons. The minimum atomic E-state index is 0.563. The van der Waals surface area contributed by atoms with Gasteiger partial charge in [0.25, 0.3) is 0 Å². The zero-order valence-corrected chi connectivity index (χ0v) is 11.6. The summed E-state index contributed by atoms with van der Waals surface area (Å²) in [6, 6.07) is 1.97. The first-order chi connectivity index (χ1) is 9.69. The molecular formula is C13H16N6O. The summed E-state index contributed by atoms with van der Waals surface area (Å²) in [7, 11) is 3.78. The molecule has 0 unspecified atom stereocenters. The number of nitrogens with zero attached hydrogens (tertiary/aromatic N) is 4. The molecule has 0 bridgehead atoms. The number of rotatable bonds is 4. The minimum Gasteiger partial charge on any atom is -0.469 e. The number of aromatic nitrogens is 4. The molecule has 0 saturated heterocycles. The summed E-state index contributed by atoms with van der Waals surface area (Å²) in [5.41, 5.74) is 1.85. The van der Waals surface area contributed by atoms with Gasteiger partial charge in [-0.2, -0.15) is 15.1 Å². The van der Waals surface area contributed by atoms with Gasteiger partial charge < -0.3 is 14.6 Å². The number of aromatic amines is 1. The van der Waals surface area contributed by atoms with E-state index in [2.05, 4.69) is 30.4 Å². The highest BCUT2D eigenvalue weighted by molar-refractivity contribution is 5.87. The van der Waals surface area contributed by atoms with Gasteiger partial charge in [0.1, 0.15) is 11.6 Å². The molecule has 3 aromatic heterocycles. The van der Waals surface area contributed by atoms with Gasteiger partial charge in [-0.25, -0.2) is 0 Å². The van der Waals surface area contributed by atoms with Crippen LogP contribution in [0.25, 0.3) is 11.0 Å². The maximum Gasteiger partial charge on any atom is 0.226 e. The Morgan fingerprint density at radius 1 is 1.40 bits per heavy atom. The second-order valence-electron chi connectivity index (χ2n) is 4.61. The summed E-state index contributed by atoms with van der Waals surface area (Å²) in [5.74, 6) is 2.31. The first kappa shape index (κ1) is 12.5. The van der Waals surface area contributed by atoms with Crippen molar-refractivity contribution in [2.75, 3.05) is 24.3 Å². The second-order valence-corrected chi connectivity index (χ2v) is 4.61. The fraction of sp³-hybridized carbons (Fsp3) is 0.308. The molecule has 7 heteroatoms. The quantitative estimate of drug-likeness (QED) is 0.755. The first-order valence-corrected chi connectivity index (χ1v) is 6.32. The zero-order chi connectivity index (χ0) is 14.1. The molecule has 0 aliphatic carbocycles. The largest absolute Gasteiger partial charge is 0.469 e. The minimum absolute atomic E-state index is 0.563. The number of aryl methyl sites for hydroxylation is 1. The zero-order valence-electron chi connectivity index (χ0n) is 11.6. The Hall–Kier alpha value is -2.57.